The molecule has 1 aliphatic carbocycles. The Labute approximate surface area is 113 Å². The van der Waals surface area contributed by atoms with E-state index in [4.69, 9.17) is 0 Å². The molecule has 1 N–H and O–H groups in total. The number of carbonyl (C=O) groups is 1. The van der Waals surface area contributed by atoms with E-state index in [0.29, 0.717) is 11.7 Å². The van der Waals surface area contributed by atoms with Crippen LogP contribution in [0, 0.1) is 11.8 Å². The van der Waals surface area contributed by atoms with Crippen LogP contribution in [0.4, 0.5) is 5.82 Å². The summed E-state index contributed by atoms with van der Waals surface area (Å²) in [6.45, 7) is 3.24. The fraction of sp³-hybridized carbons (Fsp3) is 0.643. The first-order valence-corrected chi connectivity index (χ1v) is 6.83. The first-order chi connectivity index (χ1) is 9.19. The fourth-order valence-electron chi connectivity index (χ4n) is 2.62. The molecular weight excluding hydrogens is 242 g/mol. The fourth-order valence-corrected chi connectivity index (χ4v) is 2.62. The number of ether oxygens (including phenoxy) is 1. The number of nitrogens with one attached hydrogen (secondary N) is 1. The van der Waals surface area contributed by atoms with Gasteiger partial charge in [0.1, 0.15) is 5.82 Å². The summed E-state index contributed by atoms with van der Waals surface area (Å²) in [4.78, 5) is 19.4. The molecule has 0 radical (unpaired) electrons. The predicted octanol–water partition coefficient (Wildman–Crippen LogP) is 2.50. The summed E-state index contributed by atoms with van der Waals surface area (Å²) in [5.74, 6) is 1.80. The maximum atomic E-state index is 11.2. The molecule has 0 saturated heterocycles. The van der Waals surface area contributed by atoms with Gasteiger partial charge in [0.2, 0.25) is 0 Å². The molecule has 0 aliphatic heterocycles. The van der Waals surface area contributed by atoms with Crippen molar-refractivity contribution in [1.82, 2.24) is 9.97 Å². The minimum absolute atomic E-state index is 0.235. The molecule has 2 rings (SSSR count). The zero-order valence-electron chi connectivity index (χ0n) is 11.6. The molecule has 5 nitrogen and oxygen atoms in total. The van der Waals surface area contributed by atoms with E-state index < -0.39 is 5.97 Å². The number of anilines is 1. The maximum Gasteiger partial charge on any atom is 0.358 e. The van der Waals surface area contributed by atoms with E-state index in [1.807, 2.05) is 0 Å². The van der Waals surface area contributed by atoms with Crippen molar-refractivity contribution in [2.24, 2.45) is 11.8 Å². The molecule has 1 aromatic rings. The monoisotopic (exact) mass is 263 g/mol. The second-order valence-electron chi connectivity index (χ2n) is 5.30. The van der Waals surface area contributed by atoms with Crippen molar-refractivity contribution < 1.29 is 9.53 Å². The third-order valence-corrected chi connectivity index (χ3v) is 3.66. The first-order valence-electron chi connectivity index (χ1n) is 6.83. The van der Waals surface area contributed by atoms with Crippen LogP contribution in [-0.4, -0.2) is 29.6 Å². The van der Waals surface area contributed by atoms with Crippen molar-refractivity contribution in [2.45, 2.75) is 32.6 Å². The quantitative estimate of drug-likeness (QED) is 0.845. The molecule has 1 aromatic heterocycles. The van der Waals surface area contributed by atoms with Gasteiger partial charge in [-0.25, -0.2) is 14.8 Å². The van der Waals surface area contributed by atoms with Crippen LogP contribution < -0.4 is 5.32 Å². The van der Waals surface area contributed by atoms with Gasteiger partial charge in [-0.15, -0.1) is 0 Å². The molecule has 1 fully saturated rings. The molecule has 104 valence electrons. The topological polar surface area (TPSA) is 64.1 Å². The lowest BCUT2D eigenvalue weighted by atomic mass is 9.82. The van der Waals surface area contributed by atoms with E-state index in [9.17, 15) is 4.79 Å². The molecule has 1 aliphatic rings. The third-order valence-electron chi connectivity index (χ3n) is 3.66. The SMILES string of the molecule is COC(=O)c1cnc(NCC2CCCC(C)C2)cn1. The highest BCUT2D eigenvalue weighted by Crippen LogP contribution is 2.28. The predicted molar refractivity (Wildman–Crippen MR) is 73.0 cm³/mol. The van der Waals surface area contributed by atoms with Crippen molar-refractivity contribution in [3.05, 3.63) is 18.1 Å². The zero-order valence-corrected chi connectivity index (χ0v) is 11.6. The molecule has 5 heteroatoms. The van der Waals surface area contributed by atoms with Crippen LogP contribution in [0.15, 0.2) is 12.4 Å². The zero-order chi connectivity index (χ0) is 13.7. The van der Waals surface area contributed by atoms with E-state index in [0.717, 1.165) is 12.5 Å². The lowest BCUT2D eigenvalue weighted by molar-refractivity contribution is 0.0593. The van der Waals surface area contributed by atoms with Gasteiger partial charge in [-0.2, -0.15) is 0 Å². The Hall–Kier alpha value is -1.65. The minimum atomic E-state index is -0.458. The summed E-state index contributed by atoms with van der Waals surface area (Å²) in [5, 5.41) is 3.29. The molecule has 2 atom stereocenters. The van der Waals surface area contributed by atoms with Crippen LogP contribution >= 0.6 is 0 Å². The van der Waals surface area contributed by atoms with Crippen molar-refractivity contribution in [2.75, 3.05) is 19.0 Å². The van der Waals surface area contributed by atoms with Gasteiger partial charge in [0.15, 0.2) is 5.69 Å². The number of hydrogen-bond donors (Lipinski definition) is 1. The van der Waals surface area contributed by atoms with Crippen LogP contribution in [0.1, 0.15) is 43.1 Å². The Morgan fingerprint density at radius 3 is 2.89 bits per heavy atom. The Morgan fingerprint density at radius 1 is 1.42 bits per heavy atom. The van der Waals surface area contributed by atoms with Gasteiger partial charge >= 0.3 is 5.97 Å². The van der Waals surface area contributed by atoms with Crippen LogP contribution in [0.5, 0.6) is 0 Å². The van der Waals surface area contributed by atoms with Crippen LogP contribution in [0.3, 0.4) is 0 Å². The number of esters is 1. The third kappa shape index (κ3) is 3.91. The van der Waals surface area contributed by atoms with Gasteiger partial charge in [0.25, 0.3) is 0 Å². The highest BCUT2D eigenvalue weighted by molar-refractivity contribution is 5.86. The number of rotatable bonds is 4. The van der Waals surface area contributed by atoms with E-state index >= 15 is 0 Å². The molecule has 19 heavy (non-hydrogen) atoms. The van der Waals surface area contributed by atoms with Gasteiger partial charge in [-0.05, 0) is 24.7 Å². The van der Waals surface area contributed by atoms with Gasteiger partial charge in [-0.3, -0.25) is 0 Å². The highest BCUT2D eigenvalue weighted by Gasteiger charge is 2.18. The minimum Gasteiger partial charge on any atom is -0.464 e. The Bertz CT molecular complexity index is 419. The average Bonchev–Trinajstić information content (AvgIpc) is 2.45. The number of hydrogen-bond acceptors (Lipinski definition) is 5. The van der Waals surface area contributed by atoms with Gasteiger partial charge in [0.05, 0.1) is 19.5 Å². The molecule has 1 heterocycles. The Morgan fingerprint density at radius 2 is 2.26 bits per heavy atom. The molecule has 0 amide bonds. The normalized spacial score (nSPS) is 22.8. The largest absolute Gasteiger partial charge is 0.464 e. The second kappa shape index (κ2) is 6.50. The molecular formula is C14H21N3O2. The van der Waals surface area contributed by atoms with Crippen molar-refractivity contribution in [3.8, 4) is 0 Å². The smallest absolute Gasteiger partial charge is 0.358 e. The molecule has 0 bridgehead atoms. The average molecular weight is 263 g/mol. The summed E-state index contributed by atoms with van der Waals surface area (Å²) >= 11 is 0. The molecule has 1 saturated carbocycles. The van der Waals surface area contributed by atoms with E-state index in [-0.39, 0.29) is 5.69 Å². The van der Waals surface area contributed by atoms with Crippen LogP contribution in [0.25, 0.3) is 0 Å². The number of methoxy groups -OCH3 is 1. The molecule has 2 unspecified atom stereocenters. The van der Waals surface area contributed by atoms with Gasteiger partial charge in [-0.1, -0.05) is 19.8 Å². The summed E-state index contributed by atoms with van der Waals surface area (Å²) in [5.41, 5.74) is 0.235. The molecule has 0 spiro atoms. The lowest BCUT2D eigenvalue weighted by Crippen LogP contribution is -2.21. The number of carbonyl (C=O) groups excluding carboxylic acids is 1. The van der Waals surface area contributed by atoms with E-state index in [2.05, 4.69) is 26.9 Å². The standard InChI is InChI=1S/C14H21N3O2/c1-10-4-3-5-11(6-10)7-16-13-9-15-12(8-17-13)14(18)19-2/h8-11H,3-7H2,1-2H3,(H,16,17). The van der Waals surface area contributed by atoms with Crippen molar-refractivity contribution >= 4 is 11.8 Å². The van der Waals surface area contributed by atoms with Crippen LogP contribution in [0.2, 0.25) is 0 Å². The summed E-state index contributed by atoms with van der Waals surface area (Å²) in [6, 6.07) is 0. The van der Waals surface area contributed by atoms with Gasteiger partial charge < -0.3 is 10.1 Å². The summed E-state index contributed by atoms with van der Waals surface area (Å²) < 4.78 is 4.58. The Balaban J connectivity index is 1.84. The lowest BCUT2D eigenvalue weighted by Gasteiger charge is -2.26. The first kappa shape index (κ1) is 13.8. The second-order valence-corrected chi connectivity index (χ2v) is 5.30. The van der Waals surface area contributed by atoms with E-state index in [1.54, 1.807) is 6.20 Å². The van der Waals surface area contributed by atoms with Gasteiger partial charge in [0, 0.05) is 6.54 Å². The number of aromatic nitrogens is 2. The molecule has 0 aromatic carbocycles. The summed E-state index contributed by atoms with van der Waals surface area (Å²) in [6.07, 6.45) is 8.26. The van der Waals surface area contributed by atoms with Crippen molar-refractivity contribution in [1.29, 1.82) is 0 Å². The maximum absolute atomic E-state index is 11.2. The Kier molecular flexibility index (Phi) is 4.71. The highest BCUT2D eigenvalue weighted by atomic mass is 16.5. The van der Waals surface area contributed by atoms with Crippen LogP contribution in [-0.2, 0) is 4.74 Å². The number of nitrogens with zero attached hydrogens (tertiary/aromatic N) is 2. The van der Waals surface area contributed by atoms with Crippen molar-refractivity contribution in [3.63, 3.8) is 0 Å². The summed E-state index contributed by atoms with van der Waals surface area (Å²) in [7, 11) is 1.33. The van der Waals surface area contributed by atoms with E-state index in [1.165, 1.54) is 39.0 Å².